The summed E-state index contributed by atoms with van der Waals surface area (Å²) < 4.78 is 10.7. The number of ether oxygens (including phenoxy) is 2. The molecule has 0 fully saturated rings. The van der Waals surface area contributed by atoms with E-state index in [4.69, 9.17) is 9.47 Å². The average Bonchev–Trinajstić information content (AvgIpc) is 2.69. The Balaban J connectivity index is 4.50. The highest BCUT2D eigenvalue weighted by Crippen LogP contribution is 2.18. The van der Waals surface area contributed by atoms with Gasteiger partial charge in [0, 0.05) is 38.6 Å². The zero-order valence-corrected chi connectivity index (χ0v) is 18.7. The second-order valence-electron chi connectivity index (χ2n) is 6.65. The van der Waals surface area contributed by atoms with E-state index in [0.29, 0.717) is 39.5 Å². The number of carbonyl (C=O) groups excluding carboxylic acids is 3. The van der Waals surface area contributed by atoms with Gasteiger partial charge in [0.1, 0.15) is 5.78 Å². The molecule has 0 aromatic heterocycles. The minimum atomic E-state index is -0.601. The molecular weight excluding hydrogens is 380 g/mol. The molecule has 2 N–H and O–H groups in total. The van der Waals surface area contributed by atoms with Gasteiger partial charge in [-0.05, 0) is 19.3 Å². The molecule has 0 rings (SSSR count). The minimum Gasteiger partial charge on any atom is -0.380 e. The van der Waals surface area contributed by atoms with Crippen molar-refractivity contribution in [1.82, 2.24) is 10.6 Å². The molecule has 0 aliphatic heterocycles. The molecule has 0 radical (unpaired) electrons. The van der Waals surface area contributed by atoms with Crippen LogP contribution in [0.15, 0.2) is 0 Å². The number of hydrogen-bond acceptors (Lipinski definition) is 6. The lowest BCUT2D eigenvalue weighted by atomic mass is 10.1. The first-order valence-electron chi connectivity index (χ1n) is 10.3. The Bertz CT molecular complexity index is 448. The van der Waals surface area contributed by atoms with Gasteiger partial charge in [0.2, 0.25) is 11.8 Å². The zero-order valence-electron chi connectivity index (χ0n) is 17.9. The van der Waals surface area contributed by atoms with E-state index in [2.05, 4.69) is 10.6 Å². The molecule has 0 aliphatic rings. The monoisotopic (exact) mass is 418 g/mol. The third kappa shape index (κ3) is 14.0. The summed E-state index contributed by atoms with van der Waals surface area (Å²) in [5.41, 5.74) is 0. The quantitative estimate of drug-likeness (QED) is 0.331. The first-order chi connectivity index (χ1) is 13.5. The van der Waals surface area contributed by atoms with E-state index in [1.165, 1.54) is 11.8 Å². The molecule has 2 amide bonds. The summed E-state index contributed by atoms with van der Waals surface area (Å²) in [4.78, 5) is 36.7. The number of carbonyl (C=O) groups is 3. The van der Waals surface area contributed by atoms with E-state index in [9.17, 15) is 14.4 Å². The van der Waals surface area contributed by atoms with Crippen LogP contribution < -0.4 is 10.6 Å². The van der Waals surface area contributed by atoms with Crippen molar-refractivity contribution in [3.05, 3.63) is 0 Å². The Morgan fingerprint density at radius 2 is 1.46 bits per heavy atom. The first kappa shape index (κ1) is 26.9. The fourth-order valence-corrected chi connectivity index (χ4v) is 3.29. The lowest BCUT2D eigenvalue weighted by molar-refractivity contribution is -0.126. The number of nitrogens with one attached hydrogen (secondary N) is 2. The van der Waals surface area contributed by atoms with Gasteiger partial charge in [-0.1, -0.05) is 27.7 Å². The maximum absolute atomic E-state index is 12.5. The highest BCUT2D eigenvalue weighted by molar-refractivity contribution is 8.01. The van der Waals surface area contributed by atoms with Crippen molar-refractivity contribution in [3.8, 4) is 0 Å². The second-order valence-corrected chi connectivity index (χ2v) is 7.84. The molecule has 164 valence electrons. The van der Waals surface area contributed by atoms with Crippen LogP contribution in [0.4, 0.5) is 0 Å². The minimum absolute atomic E-state index is 0.0356. The van der Waals surface area contributed by atoms with Crippen molar-refractivity contribution in [2.24, 2.45) is 5.92 Å². The van der Waals surface area contributed by atoms with Gasteiger partial charge in [-0.25, -0.2) is 0 Å². The number of rotatable bonds is 18. The Hall–Kier alpha value is -1.12. The van der Waals surface area contributed by atoms with Gasteiger partial charge >= 0.3 is 0 Å². The third-order valence-corrected chi connectivity index (χ3v) is 5.30. The first-order valence-corrected chi connectivity index (χ1v) is 11.3. The Morgan fingerprint density at radius 3 is 2.00 bits per heavy atom. The summed E-state index contributed by atoms with van der Waals surface area (Å²) in [7, 11) is 0. The van der Waals surface area contributed by atoms with Crippen molar-refractivity contribution >= 4 is 29.4 Å². The normalized spacial score (nSPS) is 13.0. The standard InChI is InChI=1S/C20H38N2O5S/c1-5-10-26-12-8-21-19(24)14-18(28-15-17(23)16(4)7-3)20(25)22-9-13-27-11-6-2/h16,18H,5-15H2,1-4H3,(H,21,24)(H,22,25). The molecular formula is C20H38N2O5S. The Labute approximate surface area is 174 Å². The molecule has 0 aromatic rings. The predicted octanol–water partition coefficient (Wildman–Crippen LogP) is 2.18. The molecule has 8 heteroatoms. The van der Waals surface area contributed by atoms with Gasteiger partial charge in [0.15, 0.2) is 0 Å². The topological polar surface area (TPSA) is 93.7 Å². The fraction of sp³-hybridized carbons (Fsp3) is 0.850. The van der Waals surface area contributed by atoms with Crippen molar-refractivity contribution < 1.29 is 23.9 Å². The summed E-state index contributed by atoms with van der Waals surface area (Å²) in [6, 6.07) is 0. The Morgan fingerprint density at radius 1 is 0.893 bits per heavy atom. The van der Waals surface area contributed by atoms with E-state index in [1.807, 2.05) is 27.7 Å². The summed E-state index contributed by atoms with van der Waals surface area (Å²) in [6.45, 7) is 10.9. The van der Waals surface area contributed by atoms with Gasteiger partial charge in [0.05, 0.1) is 24.2 Å². The largest absolute Gasteiger partial charge is 0.380 e. The zero-order chi connectivity index (χ0) is 21.2. The lowest BCUT2D eigenvalue weighted by Gasteiger charge is -2.17. The highest BCUT2D eigenvalue weighted by Gasteiger charge is 2.24. The number of ketones is 1. The lowest BCUT2D eigenvalue weighted by Crippen LogP contribution is -2.39. The molecule has 0 aliphatic carbocycles. The second kappa shape index (κ2) is 17.9. The van der Waals surface area contributed by atoms with Gasteiger partial charge in [-0.15, -0.1) is 11.8 Å². The van der Waals surface area contributed by atoms with Gasteiger partial charge in [-0.3, -0.25) is 14.4 Å². The van der Waals surface area contributed by atoms with Crippen LogP contribution in [0.2, 0.25) is 0 Å². The molecule has 0 aromatic carbocycles. The molecule has 28 heavy (non-hydrogen) atoms. The molecule has 7 nitrogen and oxygen atoms in total. The van der Waals surface area contributed by atoms with E-state index in [0.717, 1.165) is 19.3 Å². The maximum Gasteiger partial charge on any atom is 0.233 e. The van der Waals surface area contributed by atoms with Crippen LogP contribution in [0.1, 0.15) is 53.4 Å². The van der Waals surface area contributed by atoms with Crippen molar-refractivity contribution in [2.45, 2.75) is 58.6 Å². The number of Topliss-reactive ketones (excluding diaryl/α,β-unsaturated/α-hetero) is 1. The average molecular weight is 419 g/mol. The Kier molecular flexibility index (Phi) is 17.2. The predicted molar refractivity (Wildman–Crippen MR) is 114 cm³/mol. The molecule has 0 heterocycles. The summed E-state index contributed by atoms with van der Waals surface area (Å²) >= 11 is 1.23. The number of amides is 2. The molecule has 0 spiro atoms. The van der Waals surface area contributed by atoms with Crippen molar-refractivity contribution in [3.63, 3.8) is 0 Å². The van der Waals surface area contributed by atoms with E-state index < -0.39 is 5.25 Å². The van der Waals surface area contributed by atoms with Crippen LogP contribution in [-0.2, 0) is 23.9 Å². The number of hydrogen-bond donors (Lipinski definition) is 2. The summed E-state index contributed by atoms with van der Waals surface area (Å²) in [5, 5.41) is 4.96. The fourth-order valence-electron chi connectivity index (χ4n) is 2.14. The van der Waals surface area contributed by atoms with Crippen LogP contribution in [0.5, 0.6) is 0 Å². The van der Waals surface area contributed by atoms with Gasteiger partial charge in [0.25, 0.3) is 0 Å². The third-order valence-electron chi connectivity index (χ3n) is 4.06. The van der Waals surface area contributed by atoms with Crippen LogP contribution in [-0.4, -0.2) is 68.1 Å². The smallest absolute Gasteiger partial charge is 0.233 e. The molecule has 0 saturated carbocycles. The SMILES string of the molecule is CCCOCCNC(=O)CC(SCC(=O)C(C)CC)C(=O)NCCOCCC. The van der Waals surface area contributed by atoms with Crippen LogP contribution >= 0.6 is 11.8 Å². The highest BCUT2D eigenvalue weighted by atomic mass is 32.2. The van der Waals surface area contributed by atoms with E-state index in [1.54, 1.807) is 0 Å². The molecule has 0 saturated heterocycles. The van der Waals surface area contributed by atoms with Crippen LogP contribution in [0, 0.1) is 5.92 Å². The van der Waals surface area contributed by atoms with E-state index in [-0.39, 0.29) is 35.7 Å². The van der Waals surface area contributed by atoms with Gasteiger partial charge < -0.3 is 20.1 Å². The van der Waals surface area contributed by atoms with Crippen LogP contribution in [0.3, 0.4) is 0 Å². The van der Waals surface area contributed by atoms with Crippen molar-refractivity contribution in [2.75, 3.05) is 45.3 Å². The van der Waals surface area contributed by atoms with Crippen molar-refractivity contribution in [1.29, 1.82) is 0 Å². The van der Waals surface area contributed by atoms with Crippen LogP contribution in [0.25, 0.3) is 0 Å². The summed E-state index contributed by atoms with van der Waals surface area (Å²) in [6.07, 6.45) is 2.66. The van der Waals surface area contributed by atoms with Gasteiger partial charge in [-0.2, -0.15) is 0 Å². The molecule has 2 atom stereocenters. The summed E-state index contributed by atoms with van der Waals surface area (Å²) in [5.74, 6) is -0.162. The molecule has 2 unspecified atom stereocenters. The molecule has 0 bridgehead atoms. The van der Waals surface area contributed by atoms with E-state index >= 15 is 0 Å². The number of thioether (sulfide) groups is 1. The maximum atomic E-state index is 12.5.